The fraction of sp³-hybridized carbons (Fsp3) is 0.194. The van der Waals surface area contributed by atoms with Crippen molar-refractivity contribution < 1.29 is 0 Å². The van der Waals surface area contributed by atoms with Gasteiger partial charge in [-0.25, -0.2) is 15.0 Å². The van der Waals surface area contributed by atoms with Gasteiger partial charge in [0.05, 0.1) is 0 Å². The SMILES string of the molecule is CC(C)(c1ccc(C2=CCCC=C2)cc1)c1ccc(-c2nc(C3=CCCC=C3)nc(-c3ccccc3)n2)cc1. The van der Waals surface area contributed by atoms with E-state index in [1.807, 2.05) is 30.3 Å². The number of nitrogens with zero attached hydrogens (tertiary/aromatic N) is 3. The molecular weight excluding hydrogens is 474 g/mol. The third-order valence-corrected chi connectivity index (χ3v) is 7.72. The lowest BCUT2D eigenvalue weighted by atomic mass is 9.77. The van der Waals surface area contributed by atoms with Gasteiger partial charge in [0.15, 0.2) is 17.5 Å². The molecule has 6 rings (SSSR count). The van der Waals surface area contributed by atoms with E-state index in [2.05, 4.69) is 98.8 Å². The summed E-state index contributed by atoms with van der Waals surface area (Å²) in [7, 11) is 0. The zero-order valence-corrected chi connectivity index (χ0v) is 22.6. The van der Waals surface area contributed by atoms with Crippen LogP contribution in [-0.4, -0.2) is 15.0 Å². The molecular formula is C36H33N3. The van der Waals surface area contributed by atoms with Crippen molar-refractivity contribution in [1.29, 1.82) is 0 Å². The topological polar surface area (TPSA) is 38.7 Å². The Morgan fingerprint density at radius 3 is 1.51 bits per heavy atom. The highest BCUT2D eigenvalue weighted by Gasteiger charge is 2.23. The molecule has 2 aliphatic carbocycles. The summed E-state index contributed by atoms with van der Waals surface area (Å²) in [5, 5.41) is 0. The summed E-state index contributed by atoms with van der Waals surface area (Å²) < 4.78 is 0. The monoisotopic (exact) mass is 507 g/mol. The van der Waals surface area contributed by atoms with Crippen molar-refractivity contribution in [3.8, 4) is 22.8 Å². The van der Waals surface area contributed by atoms with E-state index in [9.17, 15) is 0 Å². The van der Waals surface area contributed by atoms with E-state index in [0.717, 1.165) is 48.2 Å². The molecule has 2 aliphatic rings. The summed E-state index contributed by atoms with van der Waals surface area (Å²) in [6.45, 7) is 4.57. The van der Waals surface area contributed by atoms with Crippen molar-refractivity contribution in [2.24, 2.45) is 0 Å². The van der Waals surface area contributed by atoms with Crippen molar-refractivity contribution in [3.63, 3.8) is 0 Å². The van der Waals surface area contributed by atoms with Crippen molar-refractivity contribution >= 4 is 11.1 Å². The molecule has 1 aromatic heterocycles. The van der Waals surface area contributed by atoms with E-state index in [0.29, 0.717) is 11.6 Å². The first-order chi connectivity index (χ1) is 19.1. The maximum atomic E-state index is 4.90. The maximum Gasteiger partial charge on any atom is 0.164 e. The van der Waals surface area contributed by atoms with Crippen LogP contribution in [0.3, 0.4) is 0 Å². The van der Waals surface area contributed by atoms with Gasteiger partial charge in [-0.3, -0.25) is 0 Å². The fourth-order valence-electron chi connectivity index (χ4n) is 5.24. The predicted octanol–water partition coefficient (Wildman–Crippen LogP) is 9.00. The van der Waals surface area contributed by atoms with Gasteiger partial charge in [0.25, 0.3) is 0 Å². The molecule has 4 aromatic rings. The third-order valence-electron chi connectivity index (χ3n) is 7.72. The summed E-state index contributed by atoms with van der Waals surface area (Å²) in [5.74, 6) is 2.12. The Morgan fingerprint density at radius 1 is 0.487 bits per heavy atom. The van der Waals surface area contributed by atoms with Crippen LogP contribution in [0.2, 0.25) is 0 Å². The lowest BCUT2D eigenvalue weighted by Gasteiger charge is -2.26. The number of hydrogen-bond acceptors (Lipinski definition) is 3. The van der Waals surface area contributed by atoms with Gasteiger partial charge in [-0.1, -0.05) is 129 Å². The Bertz CT molecular complexity index is 1590. The molecule has 3 nitrogen and oxygen atoms in total. The van der Waals surface area contributed by atoms with Crippen LogP contribution in [0.15, 0.2) is 115 Å². The van der Waals surface area contributed by atoms with Crippen LogP contribution in [-0.2, 0) is 5.41 Å². The predicted molar refractivity (Wildman–Crippen MR) is 162 cm³/mol. The molecule has 0 N–H and O–H groups in total. The Morgan fingerprint density at radius 2 is 0.974 bits per heavy atom. The lowest BCUT2D eigenvalue weighted by Crippen LogP contribution is -2.18. The minimum atomic E-state index is -0.134. The van der Waals surface area contributed by atoms with Gasteiger partial charge in [-0.2, -0.15) is 0 Å². The van der Waals surface area contributed by atoms with Crippen molar-refractivity contribution in [2.45, 2.75) is 44.9 Å². The molecule has 0 aliphatic heterocycles. The molecule has 0 saturated carbocycles. The third kappa shape index (κ3) is 5.31. The smallest absolute Gasteiger partial charge is 0.164 e. The summed E-state index contributed by atoms with van der Waals surface area (Å²) in [4.78, 5) is 14.6. The van der Waals surface area contributed by atoms with Crippen LogP contribution in [0.1, 0.15) is 62.0 Å². The Kier molecular flexibility index (Phi) is 6.89. The van der Waals surface area contributed by atoms with Gasteiger partial charge < -0.3 is 0 Å². The van der Waals surface area contributed by atoms with Crippen LogP contribution in [0.25, 0.3) is 33.9 Å². The average Bonchev–Trinajstić information content (AvgIpc) is 3.02. The maximum absolute atomic E-state index is 4.90. The minimum absolute atomic E-state index is 0.134. The molecule has 0 fully saturated rings. The summed E-state index contributed by atoms with van der Waals surface area (Å²) in [5.41, 5.74) is 8.05. The Hall–Kier alpha value is -4.37. The van der Waals surface area contributed by atoms with Gasteiger partial charge in [0.2, 0.25) is 0 Å². The fourth-order valence-corrected chi connectivity index (χ4v) is 5.24. The number of rotatable bonds is 6. The molecule has 0 spiro atoms. The standard InChI is InChI=1S/C36H33N3/c1-36(2,31-22-18-27(19-23-31)26-12-6-3-7-13-26)32-24-20-30(21-25-32)35-38-33(28-14-8-4-9-15-28)37-34(39-35)29-16-10-5-11-17-29/h4,6,8-10,12-25H,3,5,7,11H2,1-2H3. The quantitative estimate of drug-likeness (QED) is 0.261. The second kappa shape index (κ2) is 10.8. The van der Waals surface area contributed by atoms with Crippen LogP contribution in [0.4, 0.5) is 0 Å². The van der Waals surface area contributed by atoms with Crippen molar-refractivity contribution in [1.82, 2.24) is 15.0 Å². The molecule has 0 radical (unpaired) electrons. The van der Waals surface area contributed by atoms with Crippen LogP contribution in [0.5, 0.6) is 0 Å². The first-order valence-corrected chi connectivity index (χ1v) is 13.8. The van der Waals surface area contributed by atoms with E-state index < -0.39 is 0 Å². The molecule has 0 saturated heterocycles. The zero-order chi connectivity index (χ0) is 26.7. The van der Waals surface area contributed by atoms with Crippen molar-refractivity contribution in [2.75, 3.05) is 0 Å². The summed E-state index contributed by atoms with van der Waals surface area (Å²) >= 11 is 0. The highest BCUT2D eigenvalue weighted by atomic mass is 15.0. The number of benzene rings is 3. The molecule has 192 valence electrons. The van der Waals surface area contributed by atoms with E-state index in [-0.39, 0.29) is 5.41 Å². The Balaban J connectivity index is 1.32. The van der Waals surface area contributed by atoms with Gasteiger partial charge in [-0.05, 0) is 47.9 Å². The molecule has 0 atom stereocenters. The van der Waals surface area contributed by atoms with Gasteiger partial charge >= 0.3 is 0 Å². The minimum Gasteiger partial charge on any atom is -0.208 e. The molecule has 0 bridgehead atoms. The molecule has 0 unspecified atom stereocenters. The second-order valence-corrected chi connectivity index (χ2v) is 10.7. The average molecular weight is 508 g/mol. The highest BCUT2D eigenvalue weighted by Crippen LogP contribution is 2.34. The largest absolute Gasteiger partial charge is 0.208 e. The first-order valence-electron chi connectivity index (χ1n) is 13.8. The van der Waals surface area contributed by atoms with E-state index in [4.69, 9.17) is 15.0 Å². The van der Waals surface area contributed by atoms with E-state index >= 15 is 0 Å². The summed E-state index contributed by atoms with van der Waals surface area (Å²) in [6, 6.07) is 27.9. The second-order valence-electron chi connectivity index (χ2n) is 10.7. The number of hydrogen-bond donors (Lipinski definition) is 0. The van der Waals surface area contributed by atoms with Gasteiger partial charge in [0, 0.05) is 22.1 Å². The number of aromatic nitrogens is 3. The highest BCUT2D eigenvalue weighted by molar-refractivity contribution is 5.75. The van der Waals surface area contributed by atoms with Crippen LogP contribution >= 0.6 is 0 Å². The van der Waals surface area contributed by atoms with Gasteiger partial charge in [0.1, 0.15) is 0 Å². The molecule has 3 aromatic carbocycles. The van der Waals surface area contributed by atoms with Crippen LogP contribution in [0, 0.1) is 0 Å². The molecule has 39 heavy (non-hydrogen) atoms. The van der Waals surface area contributed by atoms with Crippen LogP contribution < -0.4 is 0 Å². The summed E-state index contributed by atoms with van der Waals surface area (Å²) in [6.07, 6.45) is 17.7. The van der Waals surface area contributed by atoms with E-state index in [1.165, 1.54) is 22.3 Å². The zero-order valence-electron chi connectivity index (χ0n) is 22.6. The normalized spacial score (nSPS) is 15.1. The number of allylic oxidation sites excluding steroid dienone is 8. The molecule has 3 heteroatoms. The Labute approximate surface area is 231 Å². The molecule has 1 heterocycles. The van der Waals surface area contributed by atoms with Crippen molar-refractivity contribution in [3.05, 3.63) is 138 Å². The molecule has 0 amide bonds. The van der Waals surface area contributed by atoms with Gasteiger partial charge in [-0.15, -0.1) is 0 Å². The first kappa shape index (κ1) is 24.9. The van der Waals surface area contributed by atoms with E-state index in [1.54, 1.807) is 0 Å². The lowest BCUT2D eigenvalue weighted by molar-refractivity contribution is 0.641.